The highest BCUT2D eigenvalue weighted by Gasteiger charge is 2.31. The van der Waals surface area contributed by atoms with Crippen LogP contribution in [0.4, 0.5) is 0 Å². The zero-order valence-electron chi connectivity index (χ0n) is 10.2. The normalized spacial score (nSPS) is 14.1. The van der Waals surface area contributed by atoms with Crippen molar-refractivity contribution in [1.29, 1.82) is 0 Å². The van der Waals surface area contributed by atoms with Crippen LogP contribution in [0.1, 0.15) is 24.5 Å². The Hall–Kier alpha value is -2.00. The topological polar surface area (TPSA) is 60.7 Å². The molecule has 2 aromatic rings. The minimum Gasteiger partial charge on any atom is -0.508 e. The van der Waals surface area contributed by atoms with Crippen LogP contribution in [0.3, 0.4) is 0 Å². The van der Waals surface area contributed by atoms with Gasteiger partial charge in [-0.05, 0) is 24.1 Å². The third-order valence-corrected chi connectivity index (χ3v) is 3.19. The van der Waals surface area contributed by atoms with Gasteiger partial charge in [0.2, 0.25) is 0 Å². The first-order valence-corrected chi connectivity index (χ1v) is 5.88. The molecular weight excluding hydrogens is 228 g/mol. The molecule has 1 atom stereocenters. The molecular formula is C15H16O3. The molecule has 3 nitrogen and oxygen atoms in total. The zero-order chi connectivity index (χ0) is 13.2. The van der Waals surface area contributed by atoms with Gasteiger partial charge in [0.25, 0.3) is 0 Å². The van der Waals surface area contributed by atoms with E-state index in [0.717, 1.165) is 0 Å². The van der Waals surface area contributed by atoms with Crippen LogP contribution >= 0.6 is 0 Å². The van der Waals surface area contributed by atoms with Gasteiger partial charge < -0.3 is 15.3 Å². The fraction of sp³-hybridized carbons (Fsp3) is 0.200. The largest absolute Gasteiger partial charge is 0.508 e. The maximum atomic E-state index is 10.8. The molecule has 0 aliphatic carbocycles. The highest BCUT2D eigenvalue weighted by atomic mass is 16.3. The van der Waals surface area contributed by atoms with Gasteiger partial charge in [0.1, 0.15) is 17.1 Å². The van der Waals surface area contributed by atoms with E-state index < -0.39 is 5.60 Å². The fourth-order valence-corrected chi connectivity index (χ4v) is 2.13. The average molecular weight is 244 g/mol. The highest BCUT2D eigenvalue weighted by Crippen LogP contribution is 2.38. The fourth-order valence-electron chi connectivity index (χ4n) is 2.13. The van der Waals surface area contributed by atoms with E-state index in [2.05, 4.69) is 0 Å². The van der Waals surface area contributed by atoms with E-state index in [1.54, 1.807) is 6.07 Å². The first-order chi connectivity index (χ1) is 8.58. The molecule has 0 bridgehead atoms. The molecule has 0 fully saturated rings. The molecule has 2 rings (SSSR count). The third kappa shape index (κ3) is 2.05. The van der Waals surface area contributed by atoms with E-state index in [-0.39, 0.29) is 11.5 Å². The molecule has 0 aliphatic heterocycles. The summed E-state index contributed by atoms with van der Waals surface area (Å²) < 4.78 is 0. The summed E-state index contributed by atoms with van der Waals surface area (Å²) in [5.74, 6) is -0.133. The van der Waals surface area contributed by atoms with Crippen molar-refractivity contribution in [3.63, 3.8) is 0 Å². The van der Waals surface area contributed by atoms with Gasteiger partial charge in [0, 0.05) is 11.6 Å². The average Bonchev–Trinajstić information content (AvgIpc) is 2.39. The van der Waals surface area contributed by atoms with E-state index in [0.29, 0.717) is 17.5 Å². The van der Waals surface area contributed by atoms with Crippen LogP contribution in [0.5, 0.6) is 11.5 Å². The highest BCUT2D eigenvalue weighted by molar-refractivity contribution is 5.47. The van der Waals surface area contributed by atoms with Crippen LogP contribution in [0.2, 0.25) is 0 Å². The van der Waals surface area contributed by atoms with Gasteiger partial charge in [-0.25, -0.2) is 0 Å². The summed E-state index contributed by atoms with van der Waals surface area (Å²) in [5, 5.41) is 30.0. The van der Waals surface area contributed by atoms with E-state index in [1.807, 2.05) is 37.3 Å². The van der Waals surface area contributed by atoms with Gasteiger partial charge in [-0.15, -0.1) is 0 Å². The molecule has 0 amide bonds. The smallest absolute Gasteiger partial charge is 0.125 e. The van der Waals surface area contributed by atoms with Crippen LogP contribution in [-0.2, 0) is 5.60 Å². The second kappa shape index (κ2) is 4.70. The molecule has 0 aliphatic rings. The summed E-state index contributed by atoms with van der Waals surface area (Å²) in [6.07, 6.45) is 0.426. The summed E-state index contributed by atoms with van der Waals surface area (Å²) in [6.45, 7) is 1.85. The number of hydrogen-bond acceptors (Lipinski definition) is 3. The maximum Gasteiger partial charge on any atom is 0.125 e. The Balaban J connectivity index is 2.57. The van der Waals surface area contributed by atoms with Crippen molar-refractivity contribution >= 4 is 0 Å². The lowest BCUT2D eigenvalue weighted by molar-refractivity contribution is 0.0737. The van der Waals surface area contributed by atoms with E-state index >= 15 is 0 Å². The molecule has 1 unspecified atom stereocenters. The Kier molecular flexibility index (Phi) is 3.26. The quantitative estimate of drug-likeness (QED) is 0.778. The standard InChI is InChI=1S/C15H16O3/c1-2-15(18,11-6-4-3-5-7-11)13-9-8-12(16)10-14(13)17/h3-10,16-18H,2H2,1H3. The van der Waals surface area contributed by atoms with Crippen molar-refractivity contribution in [2.24, 2.45) is 0 Å². The molecule has 0 saturated heterocycles. The monoisotopic (exact) mass is 244 g/mol. The molecule has 2 aromatic carbocycles. The van der Waals surface area contributed by atoms with Crippen molar-refractivity contribution < 1.29 is 15.3 Å². The van der Waals surface area contributed by atoms with Crippen molar-refractivity contribution in [2.75, 3.05) is 0 Å². The molecule has 0 aromatic heterocycles. The summed E-state index contributed by atoms with van der Waals surface area (Å²) in [6, 6.07) is 13.4. The maximum absolute atomic E-state index is 10.8. The van der Waals surface area contributed by atoms with E-state index in [1.165, 1.54) is 12.1 Å². The van der Waals surface area contributed by atoms with Crippen LogP contribution < -0.4 is 0 Å². The van der Waals surface area contributed by atoms with E-state index in [4.69, 9.17) is 0 Å². The lowest BCUT2D eigenvalue weighted by Crippen LogP contribution is -2.26. The van der Waals surface area contributed by atoms with Crippen LogP contribution in [0.15, 0.2) is 48.5 Å². The molecule has 3 heteroatoms. The van der Waals surface area contributed by atoms with Gasteiger partial charge in [-0.1, -0.05) is 37.3 Å². The minimum absolute atomic E-state index is 0.0252. The van der Waals surface area contributed by atoms with E-state index in [9.17, 15) is 15.3 Å². The molecule has 94 valence electrons. The number of phenolic OH excluding ortho intramolecular Hbond substituents is 2. The second-order valence-electron chi connectivity index (χ2n) is 4.28. The zero-order valence-corrected chi connectivity index (χ0v) is 10.2. The van der Waals surface area contributed by atoms with Crippen LogP contribution in [-0.4, -0.2) is 15.3 Å². The predicted molar refractivity (Wildman–Crippen MR) is 69.5 cm³/mol. The molecule has 3 N–H and O–H groups in total. The lowest BCUT2D eigenvalue weighted by atomic mass is 9.83. The molecule has 0 heterocycles. The second-order valence-corrected chi connectivity index (χ2v) is 4.28. The van der Waals surface area contributed by atoms with Crippen molar-refractivity contribution in [3.05, 3.63) is 59.7 Å². The number of hydrogen-bond donors (Lipinski definition) is 3. The van der Waals surface area contributed by atoms with Gasteiger partial charge in [0.05, 0.1) is 0 Å². The minimum atomic E-state index is -1.25. The number of benzene rings is 2. The Labute approximate surface area is 106 Å². The summed E-state index contributed by atoms with van der Waals surface area (Å²) in [7, 11) is 0. The van der Waals surface area contributed by atoms with Crippen molar-refractivity contribution in [3.8, 4) is 11.5 Å². The van der Waals surface area contributed by atoms with Gasteiger partial charge in [0.15, 0.2) is 0 Å². The van der Waals surface area contributed by atoms with Crippen molar-refractivity contribution in [1.82, 2.24) is 0 Å². The molecule has 18 heavy (non-hydrogen) atoms. The number of aromatic hydroxyl groups is 2. The summed E-state index contributed by atoms with van der Waals surface area (Å²) in [4.78, 5) is 0. The third-order valence-electron chi connectivity index (χ3n) is 3.19. The SMILES string of the molecule is CCC(O)(c1ccccc1)c1ccc(O)cc1O. The lowest BCUT2D eigenvalue weighted by Gasteiger charge is -2.28. The molecule has 0 spiro atoms. The van der Waals surface area contributed by atoms with Gasteiger partial charge >= 0.3 is 0 Å². The Morgan fingerprint density at radius 2 is 1.67 bits per heavy atom. The summed E-state index contributed by atoms with van der Waals surface area (Å²) >= 11 is 0. The first kappa shape index (κ1) is 12.5. The van der Waals surface area contributed by atoms with Crippen LogP contribution in [0, 0.1) is 0 Å². The number of rotatable bonds is 3. The van der Waals surface area contributed by atoms with Crippen LogP contribution in [0.25, 0.3) is 0 Å². The summed E-state index contributed by atoms with van der Waals surface area (Å²) in [5.41, 5.74) is -0.138. The Morgan fingerprint density at radius 1 is 1.00 bits per heavy atom. The number of phenols is 2. The van der Waals surface area contributed by atoms with Gasteiger partial charge in [-0.2, -0.15) is 0 Å². The van der Waals surface area contributed by atoms with Gasteiger partial charge in [-0.3, -0.25) is 0 Å². The number of aliphatic hydroxyl groups is 1. The first-order valence-electron chi connectivity index (χ1n) is 5.88. The van der Waals surface area contributed by atoms with Crippen molar-refractivity contribution in [2.45, 2.75) is 18.9 Å². The molecule has 0 radical (unpaired) electrons. The molecule has 0 saturated carbocycles. The Bertz CT molecular complexity index is 537. The predicted octanol–water partition coefficient (Wildman–Crippen LogP) is 2.74. The Morgan fingerprint density at radius 3 is 2.22 bits per heavy atom.